The Kier molecular flexibility index (Phi) is 6.26. The summed E-state index contributed by atoms with van der Waals surface area (Å²) < 4.78 is 16.6. The van der Waals surface area contributed by atoms with Crippen LogP contribution < -0.4 is 9.47 Å². The molecular weight excluding hydrogens is 342 g/mol. The first-order valence-electron chi connectivity index (χ1n) is 9.19. The number of nitrogens with zero attached hydrogens (tertiary/aromatic N) is 1. The summed E-state index contributed by atoms with van der Waals surface area (Å²) >= 11 is 0. The maximum Gasteiger partial charge on any atom is 0.363 e. The number of benzene rings is 2. The van der Waals surface area contributed by atoms with Crippen LogP contribution in [0.3, 0.4) is 0 Å². The number of unbranched alkanes of at least 4 members (excludes halogenated alkanes) is 1. The van der Waals surface area contributed by atoms with Gasteiger partial charge in [-0.3, -0.25) is 0 Å². The number of rotatable bonds is 8. The van der Waals surface area contributed by atoms with E-state index in [0.717, 1.165) is 29.7 Å². The summed E-state index contributed by atoms with van der Waals surface area (Å²) in [6, 6.07) is 14.9. The molecule has 0 atom stereocenters. The summed E-state index contributed by atoms with van der Waals surface area (Å²) in [5, 5.41) is 0. The van der Waals surface area contributed by atoms with Gasteiger partial charge in [0, 0.05) is 11.1 Å². The lowest BCUT2D eigenvalue weighted by Crippen LogP contribution is -2.05. The Bertz CT molecular complexity index is 853. The molecule has 5 heteroatoms. The van der Waals surface area contributed by atoms with Gasteiger partial charge in [-0.1, -0.05) is 31.5 Å². The smallest absolute Gasteiger partial charge is 0.363 e. The van der Waals surface area contributed by atoms with Crippen LogP contribution in [0.15, 0.2) is 59.2 Å². The van der Waals surface area contributed by atoms with E-state index in [-0.39, 0.29) is 5.70 Å². The first kappa shape index (κ1) is 18.7. The number of hydrogen-bond donors (Lipinski definition) is 0. The number of esters is 1. The van der Waals surface area contributed by atoms with E-state index in [0.29, 0.717) is 24.9 Å². The fraction of sp³-hybridized carbons (Fsp3) is 0.273. The van der Waals surface area contributed by atoms with Gasteiger partial charge in [0.15, 0.2) is 5.70 Å². The van der Waals surface area contributed by atoms with Gasteiger partial charge in [0.1, 0.15) is 11.5 Å². The van der Waals surface area contributed by atoms with Crippen LogP contribution in [0.2, 0.25) is 0 Å². The minimum Gasteiger partial charge on any atom is -0.494 e. The minimum atomic E-state index is -0.473. The molecule has 2 aromatic rings. The molecule has 2 aromatic carbocycles. The second-order valence-electron chi connectivity index (χ2n) is 6.03. The van der Waals surface area contributed by atoms with Crippen molar-refractivity contribution in [2.45, 2.75) is 26.7 Å². The van der Waals surface area contributed by atoms with Gasteiger partial charge in [-0.2, -0.15) is 0 Å². The summed E-state index contributed by atoms with van der Waals surface area (Å²) in [5.41, 5.74) is 1.77. The Morgan fingerprint density at radius 2 is 1.81 bits per heavy atom. The van der Waals surface area contributed by atoms with Gasteiger partial charge in [0.25, 0.3) is 0 Å². The van der Waals surface area contributed by atoms with Crippen LogP contribution in [-0.4, -0.2) is 25.1 Å². The molecule has 140 valence electrons. The van der Waals surface area contributed by atoms with E-state index in [2.05, 4.69) is 11.9 Å². The summed E-state index contributed by atoms with van der Waals surface area (Å²) in [6.07, 6.45) is 3.79. The monoisotopic (exact) mass is 365 g/mol. The number of hydrogen-bond acceptors (Lipinski definition) is 5. The lowest BCUT2D eigenvalue weighted by molar-refractivity contribution is -0.129. The standard InChI is InChI=1S/C22H23NO4/c1-3-5-14-26-18-12-10-16(11-13-18)21-23-19(22(24)27-21)15-17-8-6-7-9-20(17)25-4-2/h6-13,15H,3-5,14H2,1-2H3. The molecule has 0 saturated heterocycles. The van der Waals surface area contributed by atoms with Gasteiger partial charge in [0.2, 0.25) is 5.90 Å². The molecule has 1 heterocycles. The number of ether oxygens (including phenoxy) is 3. The molecule has 0 fully saturated rings. The Morgan fingerprint density at radius 3 is 2.56 bits per heavy atom. The van der Waals surface area contributed by atoms with Crippen molar-refractivity contribution in [3.05, 3.63) is 65.4 Å². The Labute approximate surface area is 159 Å². The molecular formula is C22H23NO4. The molecule has 0 radical (unpaired) electrons. The second kappa shape index (κ2) is 9.03. The van der Waals surface area contributed by atoms with Crippen LogP contribution in [0, 0.1) is 0 Å². The average molecular weight is 365 g/mol. The largest absolute Gasteiger partial charge is 0.494 e. The molecule has 0 N–H and O–H groups in total. The molecule has 0 spiro atoms. The highest BCUT2D eigenvalue weighted by Crippen LogP contribution is 2.25. The summed E-state index contributed by atoms with van der Waals surface area (Å²) in [4.78, 5) is 16.6. The molecule has 3 rings (SSSR count). The van der Waals surface area contributed by atoms with E-state index in [1.54, 1.807) is 6.08 Å². The number of aliphatic imine (C=N–C) groups is 1. The lowest BCUT2D eigenvalue weighted by atomic mass is 10.1. The van der Waals surface area contributed by atoms with Crippen molar-refractivity contribution in [3.63, 3.8) is 0 Å². The molecule has 1 aliphatic heterocycles. The average Bonchev–Trinajstić information content (AvgIpc) is 3.05. The molecule has 0 saturated carbocycles. The first-order valence-corrected chi connectivity index (χ1v) is 9.19. The predicted molar refractivity (Wildman–Crippen MR) is 105 cm³/mol. The van der Waals surface area contributed by atoms with E-state index in [4.69, 9.17) is 14.2 Å². The van der Waals surface area contributed by atoms with Crippen LogP contribution in [-0.2, 0) is 9.53 Å². The van der Waals surface area contributed by atoms with Crippen molar-refractivity contribution >= 4 is 17.9 Å². The highest BCUT2D eigenvalue weighted by atomic mass is 16.6. The molecule has 0 amide bonds. The normalized spacial score (nSPS) is 14.8. The summed E-state index contributed by atoms with van der Waals surface area (Å²) in [7, 11) is 0. The van der Waals surface area contributed by atoms with Crippen molar-refractivity contribution in [2.75, 3.05) is 13.2 Å². The number of para-hydroxylation sites is 1. The molecule has 1 aliphatic rings. The number of carbonyl (C=O) groups is 1. The Hall–Kier alpha value is -3.08. The topological polar surface area (TPSA) is 57.1 Å². The van der Waals surface area contributed by atoms with Gasteiger partial charge in [-0.05, 0) is 49.8 Å². The lowest BCUT2D eigenvalue weighted by Gasteiger charge is -2.06. The van der Waals surface area contributed by atoms with Crippen LogP contribution in [0.5, 0.6) is 11.5 Å². The second-order valence-corrected chi connectivity index (χ2v) is 6.03. The van der Waals surface area contributed by atoms with Crippen molar-refractivity contribution < 1.29 is 19.0 Å². The van der Waals surface area contributed by atoms with Crippen LogP contribution >= 0.6 is 0 Å². The van der Waals surface area contributed by atoms with Crippen LogP contribution in [0.25, 0.3) is 6.08 Å². The molecule has 0 aliphatic carbocycles. The van der Waals surface area contributed by atoms with E-state index in [1.165, 1.54) is 0 Å². The third-order valence-corrected chi connectivity index (χ3v) is 4.00. The van der Waals surface area contributed by atoms with Crippen molar-refractivity contribution in [1.29, 1.82) is 0 Å². The zero-order chi connectivity index (χ0) is 19.1. The van der Waals surface area contributed by atoms with Gasteiger partial charge < -0.3 is 14.2 Å². The van der Waals surface area contributed by atoms with Crippen molar-refractivity contribution in [1.82, 2.24) is 0 Å². The Morgan fingerprint density at radius 1 is 1.04 bits per heavy atom. The van der Waals surface area contributed by atoms with Crippen molar-refractivity contribution in [2.24, 2.45) is 4.99 Å². The highest BCUT2D eigenvalue weighted by Gasteiger charge is 2.24. The summed E-state index contributed by atoms with van der Waals surface area (Å²) in [5.74, 6) is 1.32. The van der Waals surface area contributed by atoms with Crippen LogP contribution in [0.1, 0.15) is 37.8 Å². The minimum absolute atomic E-state index is 0.250. The fourth-order valence-electron chi connectivity index (χ4n) is 2.59. The fourth-order valence-corrected chi connectivity index (χ4v) is 2.59. The SMILES string of the molecule is CCCCOc1ccc(C2=NC(=Cc3ccccc3OCC)C(=O)O2)cc1. The Balaban J connectivity index is 1.78. The molecule has 0 unspecified atom stereocenters. The molecule has 0 aromatic heterocycles. The maximum absolute atomic E-state index is 12.2. The summed E-state index contributed by atoms with van der Waals surface area (Å²) in [6.45, 7) is 5.28. The predicted octanol–water partition coefficient (Wildman–Crippen LogP) is 4.61. The molecule has 27 heavy (non-hydrogen) atoms. The molecule has 0 bridgehead atoms. The zero-order valence-corrected chi connectivity index (χ0v) is 15.6. The van der Waals surface area contributed by atoms with E-state index in [1.807, 2.05) is 55.5 Å². The number of cyclic esters (lactones) is 1. The first-order chi connectivity index (χ1) is 13.2. The maximum atomic E-state index is 12.2. The van der Waals surface area contributed by atoms with Gasteiger partial charge in [0.05, 0.1) is 13.2 Å². The van der Waals surface area contributed by atoms with Gasteiger partial charge in [-0.15, -0.1) is 0 Å². The third kappa shape index (κ3) is 4.76. The quantitative estimate of drug-likeness (QED) is 0.389. The van der Waals surface area contributed by atoms with Crippen LogP contribution in [0.4, 0.5) is 0 Å². The van der Waals surface area contributed by atoms with Crippen molar-refractivity contribution in [3.8, 4) is 11.5 Å². The van der Waals surface area contributed by atoms with E-state index < -0.39 is 5.97 Å². The van der Waals surface area contributed by atoms with Gasteiger partial charge >= 0.3 is 5.97 Å². The van der Waals surface area contributed by atoms with E-state index >= 15 is 0 Å². The third-order valence-electron chi connectivity index (χ3n) is 4.00. The highest BCUT2D eigenvalue weighted by molar-refractivity contribution is 6.13. The van der Waals surface area contributed by atoms with Gasteiger partial charge in [-0.25, -0.2) is 9.79 Å². The molecule has 5 nitrogen and oxygen atoms in total. The van der Waals surface area contributed by atoms with E-state index in [9.17, 15) is 4.79 Å². The number of carbonyl (C=O) groups excluding carboxylic acids is 1. The zero-order valence-electron chi connectivity index (χ0n) is 15.6.